The number of anilines is 1. The standard InChI is InChI=1S/C12H15NO2.ClH/c1-15-12(14)7-6-10-8-9-4-2-3-5-11(9)13-10;/h2-5,10,13H,6-8H2,1H3;1H/t10-;/m1./s1. The van der Waals surface area contributed by atoms with Crippen molar-refractivity contribution in [1.29, 1.82) is 0 Å². The summed E-state index contributed by atoms with van der Waals surface area (Å²) in [5.74, 6) is -0.132. The van der Waals surface area contributed by atoms with Crippen molar-refractivity contribution in [3.8, 4) is 0 Å². The maximum atomic E-state index is 11.0. The zero-order chi connectivity index (χ0) is 10.7. The van der Waals surface area contributed by atoms with Crippen LogP contribution in [0.25, 0.3) is 0 Å². The summed E-state index contributed by atoms with van der Waals surface area (Å²) in [6.45, 7) is 0. The summed E-state index contributed by atoms with van der Waals surface area (Å²) in [4.78, 5) is 11.0. The number of carbonyl (C=O) groups is 1. The lowest BCUT2D eigenvalue weighted by Crippen LogP contribution is -2.17. The Morgan fingerprint density at radius 2 is 2.25 bits per heavy atom. The van der Waals surface area contributed by atoms with Gasteiger partial charge in [-0.15, -0.1) is 12.4 Å². The van der Waals surface area contributed by atoms with Crippen molar-refractivity contribution < 1.29 is 9.53 Å². The fourth-order valence-electron chi connectivity index (χ4n) is 1.94. The zero-order valence-electron chi connectivity index (χ0n) is 9.23. The lowest BCUT2D eigenvalue weighted by molar-refractivity contribution is -0.140. The molecule has 0 fully saturated rings. The Labute approximate surface area is 102 Å². The first-order valence-corrected chi connectivity index (χ1v) is 5.21. The lowest BCUT2D eigenvalue weighted by atomic mass is 10.1. The summed E-state index contributed by atoms with van der Waals surface area (Å²) in [7, 11) is 1.43. The lowest BCUT2D eigenvalue weighted by Gasteiger charge is -2.09. The van der Waals surface area contributed by atoms with Crippen LogP contribution >= 0.6 is 12.4 Å². The van der Waals surface area contributed by atoms with Crippen molar-refractivity contribution in [1.82, 2.24) is 0 Å². The maximum absolute atomic E-state index is 11.0. The average molecular weight is 242 g/mol. The summed E-state index contributed by atoms with van der Waals surface area (Å²) in [5, 5.41) is 3.41. The van der Waals surface area contributed by atoms with Crippen LogP contribution in [0.5, 0.6) is 0 Å². The van der Waals surface area contributed by atoms with E-state index in [-0.39, 0.29) is 18.4 Å². The molecule has 1 atom stereocenters. The molecule has 16 heavy (non-hydrogen) atoms. The maximum Gasteiger partial charge on any atom is 0.305 e. The molecule has 0 radical (unpaired) electrons. The van der Waals surface area contributed by atoms with E-state index >= 15 is 0 Å². The fraction of sp³-hybridized carbons (Fsp3) is 0.417. The number of rotatable bonds is 3. The van der Waals surface area contributed by atoms with E-state index in [0.29, 0.717) is 12.5 Å². The Morgan fingerprint density at radius 1 is 1.50 bits per heavy atom. The van der Waals surface area contributed by atoms with Crippen LogP contribution in [0, 0.1) is 0 Å². The Kier molecular flexibility index (Phi) is 4.62. The summed E-state index contributed by atoms with van der Waals surface area (Å²) in [5.41, 5.74) is 2.54. The summed E-state index contributed by atoms with van der Waals surface area (Å²) >= 11 is 0. The van der Waals surface area contributed by atoms with Gasteiger partial charge in [-0.3, -0.25) is 4.79 Å². The second-order valence-corrected chi connectivity index (χ2v) is 3.82. The van der Waals surface area contributed by atoms with Crippen molar-refractivity contribution in [2.75, 3.05) is 12.4 Å². The molecule has 1 heterocycles. The normalized spacial score (nSPS) is 16.9. The van der Waals surface area contributed by atoms with Crippen molar-refractivity contribution in [3.63, 3.8) is 0 Å². The molecule has 0 saturated carbocycles. The molecule has 4 heteroatoms. The number of fused-ring (bicyclic) bond motifs is 1. The smallest absolute Gasteiger partial charge is 0.305 e. The van der Waals surface area contributed by atoms with Gasteiger partial charge < -0.3 is 10.1 Å². The van der Waals surface area contributed by atoms with Crippen LogP contribution in [0.3, 0.4) is 0 Å². The predicted molar refractivity (Wildman–Crippen MR) is 66.1 cm³/mol. The van der Waals surface area contributed by atoms with E-state index in [4.69, 9.17) is 0 Å². The molecule has 88 valence electrons. The molecule has 1 N–H and O–H groups in total. The van der Waals surface area contributed by atoms with E-state index < -0.39 is 0 Å². The van der Waals surface area contributed by atoms with E-state index in [1.54, 1.807) is 0 Å². The highest BCUT2D eigenvalue weighted by molar-refractivity contribution is 5.85. The van der Waals surface area contributed by atoms with Gasteiger partial charge in [0.1, 0.15) is 0 Å². The minimum atomic E-state index is -0.132. The number of ether oxygens (including phenoxy) is 1. The Morgan fingerprint density at radius 3 is 2.94 bits per heavy atom. The van der Waals surface area contributed by atoms with Crippen molar-refractivity contribution in [2.45, 2.75) is 25.3 Å². The molecule has 1 aromatic rings. The third kappa shape index (κ3) is 2.89. The van der Waals surface area contributed by atoms with Crippen LogP contribution in [0.1, 0.15) is 18.4 Å². The first-order valence-electron chi connectivity index (χ1n) is 5.21. The first-order chi connectivity index (χ1) is 7.29. The monoisotopic (exact) mass is 241 g/mol. The summed E-state index contributed by atoms with van der Waals surface area (Å²) in [6, 6.07) is 8.65. The highest BCUT2D eigenvalue weighted by atomic mass is 35.5. The van der Waals surface area contributed by atoms with Gasteiger partial charge in [0.25, 0.3) is 0 Å². The number of hydrogen-bond acceptors (Lipinski definition) is 3. The Balaban J connectivity index is 0.00000128. The van der Waals surface area contributed by atoms with Crippen molar-refractivity contribution in [3.05, 3.63) is 29.8 Å². The third-order valence-corrected chi connectivity index (χ3v) is 2.77. The van der Waals surface area contributed by atoms with E-state index in [2.05, 4.69) is 22.2 Å². The van der Waals surface area contributed by atoms with Crippen molar-refractivity contribution >= 4 is 24.1 Å². The van der Waals surface area contributed by atoms with Gasteiger partial charge in [-0.2, -0.15) is 0 Å². The van der Waals surface area contributed by atoms with Gasteiger partial charge in [0.2, 0.25) is 0 Å². The van der Waals surface area contributed by atoms with E-state index in [9.17, 15) is 4.79 Å². The van der Waals surface area contributed by atoms with Gasteiger partial charge in [-0.1, -0.05) is 18.2 Å². The highest BCUT2D eigenvalue weighted by Gasteiger charge is 2.20. The second-order valence-electron chi connectivity index (χ2n) is 3.82. The molecule has 0 spiro atoms. The number of esters is 1. The highest BCUT2D eigenvalue weighted by Crippen LogP contribution is 2.26. The molecule has 0 saturated heterocycles. The molecule has 0 aromatic heterocycles. The molecule has 3 nitrogen and oxygen atoms in total. The SMILES string of the molecule is COC(=O)CC[C@@H]1Cc2ccccc2N1.Cl. The minimum Gasteiger partial charge on any atom is -0.469 e. The number of benzene rings is 1. The van der Waals surface area contributed by atoms with Crippen molar-refractivity contribution in [2.24, 2.45) is 0 Å². The van der Waals surface area contributed by atoms with Gasteiger partial charge in [-0.25, -0.2) is 0 Å². The molecule has 1 aliphatic rings. The van der Waals surface area contributed by atoms with Crippen LogP contribution in [0.15, 0.2) is 24.3 Å². The molecule has 0 unspecified atom stereocenters. The van der Waals surface area contributed by atoms with Crippen LogP contribution in [-0.2, 0) is 16.0 Å². The molecule has 0 bridgehead atoms. The molecular formula is C12H16ClNO2. The largest absolute Gasteiger partial charge is 0.469 e. The van der Waals surface area contributed by atoms with Gasteiger partial charge in [0.05, 0.1) is 7.11 Å². The minimum absolute atomic E-state index is 0. The fourth-order valence-corrected chi connectivity index (χ4v) is 1.94. The van der Waals surface area contributed by atoms with Gasteiger partial charge in [0, 0.05) is 18.2 Å². The molecule has 0 aliphatic carbocycles. The first kappa shape index (κ1) is 12.8. The molecule has 0 amide bonds. The van der Waals surface area contributed by atoms with E-state index in [1.807, 2.05) is 12.1 Å². The third-order valence-electron chi connectivity index (χ3n) is 2.77. The summed E-state index contributed by atoms with van der Waals surface area (Å²) in [6.07, 6.45) is 2.33. The average Bonchev–Trinajstić information content (AvgIpc) is 2.68. The van der Waals surface area contributed by atoms with Crippen LogP contribution in [0.2, 0.25) is 0 Å². The predicted octanol–water partition coefficient (Wildman–Crippen LogP) is 2.40. The van der Waals surface area contributed by atoms with E-state index in [1.165, 1.54) is 18.4 Å². The molecule has 1 aliphatic heterocycles. The van der Waals surface area contributed by atoms with Gasteiger partial charge in [-0.05, 0) is 24.5 Å². The quantitative estimate of drug-likeness (QED) is 0.826. The molecular weight excluding hydrogens is 226 g/mol. The number of methoxy groups -OCH3 is 1. The number of carbonyl (C=O) groups excluding carboxylic acids is 1. The van der Waals surface area contributed by atoms with Crippen LogP contribution in [0.4, 0.5) is 5.69 Å². The zero-order valence-corrected chi connectivity index (χ0v) is 10.0. The Hall–Kier alpha value is -1.22. The van der Waals surface area contributed by atoms with E-state index in [0.717, 1.165) is 12.8 Å². The second kappa shape index (κ2) is 5.75. The van der Waals surface area contributed by atoms with Gasteiger partial charge in [0.15, 0.2) is 0 Å². The molecule has 1 aromatic carbocycles. The number of halogens is 1. The van der Waals surface area contributed by atoms with Crippen LogP contribution in [-0.4, -0.2) is 19.1 Å². The topological polar surface area (TPSA) is 38.3 Å². The summed E-state index contributed by atoms with van der Waals surface area (Å²) < 4.78 is 4.62. The number of hydrogen-bond donors (Lipinski definition) is 1. The number of nitrogens with one attached hydrogen (secondary N) is 1. The van der Waals surface area contributed by atoms with Crippen LogP contribution < -0.4 is 5.32 Å². The number of para-hydroxylation sites is 1. The molecule has 2 rings (SSSR count). The Bertz CT molecular complexity index is 343. The van der Waals surface area contributed by atoms with Gasteiger partial charge >= 0.3 is 5.97 Å².